The molecule has 0 aliphatic heterocycles. The van der Waals surface area contributed by atoms with Crippen LogP contribution in [0.4, 0.5) is 0 Å². The van der Waals surface area contributed by atoms with Crippen molar-refractivity contribution in [2.24, 2.45) is 5.73 Å². The quantitative estimate of drug-likeness (QED) is 0.778. The third-order valence-corrected chi connectivity index (χ3v) is 3.18. The lowest BCUT2D eigenvalue weighted by molar-refractivity contribution is 0.251. The summed E-state index contributed by atoms with van der Waals surface area (Å²) < 4.78 is 11.2. The summed E-state index contributed by atoms with van der Waals surface area (Å²) in [7, 11) is 1.60. The number of ether oxygens (including phenoxy) is 2. The minimum atomic E-state index is -0.105. The Hall–Kier alpha value is -1.19. The second-order valence-corrected chi connectivity index (χ2v) is 4.96. The van der Waals surface area contributed by atoms with Crippen LogP contribution in [-0.4, -0.2) is 19.3 Å². The third-order valence-electron chi connectivity index (χ3n) is 2.96. The molecular formula is C15H22ClNO2. The van der Waals surface area contributed by atoms with E-state index in [2.05, 4.69) is 13.5 Å². The van der Waals surface area contributed by atoms with Crippen LogP contribution in [0.3, 0.4) is 0 Å². The van der Waals surface area contributed by atoms with E-state index in [1.165, 1.54) is 0 Å². The van der Waals surface area contributed by atoms with Gasteiger partial charge in [0.15, 0.2) is 11.5 Å². The molecule has 0 aliphatic rings. The number of benzene rings is 1. The van der Waals surface area contributed by atoms with Crippen molar-refractivity contribution in [1.29, 1.82) is 0 Å². The van der Waals surface area contributed by atoms with Crippen LogP contribution in [0.1, 0.15) is 25.8 Å². The normalized spacial score (nSPS) is 13.7. The number of hydrogen-bond acceptors (Lipinski definition) is 3. The fourth-order valence-corrected chi connectivity index (χ4v) is 1.95. The zero-order valence-corrected chi connectivity index (χ0v) is 12.5. The maximum absolute atomic E-state index is 6.10. The van der Waals surface area contributed by atoms with Crippen molar-refractivity contribution in [3.05, 3.63) is 35.4 Å². The third kappa shape index (κ3) is 4.44. The van der Waals surface area contributed by atoms with Crippen LogP contribution in [0.5, 0.6) is 11.5 Å². The van der Waals surface area contributed by atoms with Gasteiger partial charge in [0, 0.05) is 22.7 Å². The monoisotopic (exact) mass is 283 g/mol. The number of nitrogens with two attached hydrogens (primary N) is 1. The van der Waals surface area contributed by atoms with E-state index in [0.29, 0.717) is 22.9 Å². The number of methoxy groups -OCH3 is 1. The highest BCUT2D eigenvalue weighted by molar-refractivity contribution is 6.30. The molecule has 0 amide bonds. The first-order chi connectivity index (χ1) is 9.01. The Bertz CT molecular complexity index is 434. The fraction of sp³-hybridized carbons (Fsp3) is 0.467. The molecule has 3 nitrogen and oxygen atoms in total. The molecule has 0 saturated carbocycles. The van der Waals surface area contributed by atoms with Gasteiger partial charge in [-0.1, -0.05) is 31.2 Å². The van der Waals surface area contributed by atoms with E-state index in [-0.39, 0.29) is 12.1 Å². The summed E-state index contributed by atoms with van der Waals surface area (Å²) in [5.74, 6) is 1.32. The van der Waals surface area contributed by atoms with Gasteiger partial charge in [-0.2, -0.15) is 0 Å². The molecule has 0 radical (unpaired) electrons. The Kier molecular flexibility index (Phi) is 6.19. The van der Waals surface area contributed by atoms with Crippen molar-refractivity contribution >= 4 is 11.6 Å². The molecule has 2 N–H and O–H groups in total. The summed E-state index contributed by atoms with van der Waals surface area (Å²) in [5.41, 5.74) is 6.98. The number of halogens is 1. The highest BCUT2D eigenvalue weighted by atomic mass is 35.5. The first-order valence-corrected chi connectivity index (χ1v) is 6.80. The molecule has 1 aromatic carbocycles. The molecule has 0 bridgehead atoms. The Labute approximate surface area is 120 Å². The minimum absolute atomic E-state index is 0.0737. The highest BCUT2D eigenvalue weighted by Gasteiger charge is 2.16. The molecule has 0 spiro atoms. The molecule has 1 rings (SSSR count). The van der Waals surface area contributed by atoms with Crippen LogP contribution in [0.25, 0.3) is 0 Å². The number of rotatable bonds is 7. The van der Waals surface area contributed by atoms with Crippen LogP contribution in [0, 0.1) is 0 Å². The van der Waals surface area contributed by atoms with E-state index in [9.17, 15) is 0 Å². The average Bonchev–Trinajstić information content (AvgIpc) is 2.40. The second kappa shape index (κ2) is 7.41. The van der Waals surface area contributed by atoms with Gasteiger partial charge in [0.2, 0.25) is 0 Å². The molecule has 4 heteroatoms. The minimum Gasteiger partial charge on any atom is -0.493 e. The molecule has 0 aromatic heterocycles. The van der Waals surface area contributed by atoms with Gasteiger partial charge in [-0.05, 0) is 25.8 Å². The van der Waals surface area contributed by atoms with Crippen molar-refractivity contribution in [2.75, 3.05) is 7.11 Å². The molecule has 0 heterocycles. The molecule has 2 unspecified atom stereocenters. The smallest absolute Gasteiger partial charge is 0.165 e. The average molecular weight is 284 g/mol. The summed E-state index contributed by atoms with van der Waals surface area (Å²) in [6, 6.07) is 3.70. The van der Waals surface area contributed by atoms with Crippen LogP contribution >= 0.6 is 11.6 Å². The van der Waals surface area contributed by atoms with E-state index >= 15 is 0 Å². The van der Waals surface area contributed by atoms with Crippen molar-refractivity contribution in [2.45, 2.75) is 38.8 Å². The zero-order valence-electron chi connectivity index (χ0n) is 11.8. The second-order valence-electron chi connectivity index (χ2n) is 4.53. The maximum Gasteiger partial charge on any atom is 0.165 e. The fourth-order valence-electron chi connectivity index (χ4n) is 1.72. The van der Waals surface area contributed by atoms with Gasteiger partial charge in [0.1, 0.15) is 6.10 Å². The predicted octanol–water partition coefficient (Wildman–Crippen LogP) is 3.58. The Morgan fingerprint density at radius 2 is 2.16 bits per heavy atom. The van der Waals surface area contributed by atoms with Gasteiger partial charge in [-0.3, -0.25) is 0 Å². The van der Waals surface area contributed by atoms with E-state index < -0.39 is 0 Å². The van der Waals surface area contributed by atoms with Gasteiger partial charge in [0.05, 0.1) is 7.11 Å². The Balaban J connectivity index is 3.16. The molecular weight excluding hydrogens is 262 g/mol. The molecule has 0 aliphatic carbocycles. The van der Waals surface area contributed by atoms with Crippen LogP contribution in [0.2, 0.25) is 5.02 Å². The lowest BCUT2D eigenvalue weighted by atomic mass is 10.0. The molecule has 0 saturated heterocycles. The Morgan fingerprint density at radius 1 is 1.47 bits per heavy atom. The van der Waals surface area contributed by atoms with Crippen LogP contribution < -0.4 is 15.2 Å². The van der Waals surface area contributed by atoms with Gasteiger partial charge >= 0.3 is 0 Å². The van der Waals surface area contributed by atoms with E-state index in [1.54, 1.807) is 19.3 Å². The van der Waals surface area contributed by atoms with E-state index in [1.807, 2.05) is 13.0 Å². The maximum atomic E-state index is 6.10. The highest BCUT2D eigenvalue weighted by Crippen LogP contribution is 2.36. The summed E-state index contributed by atoms with van der Waals surface area (Å²) in [5, 5.41) is 0.619. The molecule has 2 atom stereocenters. The topological polar surface area (TPSA) is 44.5 Å². The van der Waals surface area contributed by atoms with E-state index in [0.717, 1.165) is 12.0 Å². The standard InChI is InChI=1S/C15H22ClNO2/c1-5-10(3)19-15-11(8-13(17)6-2)7-12(16)9-14(15)18-4/h5,7,9-10,13H,1,6,8,17H2,2-4H3. The zero-order chi connectivity index (χ0) is 14.4. The van der Waals surface area contributed by atoms with Crippen molar-refractivity contribution < 1.29 is 9.47 Å². The van der Waals surface area contributed by atoms with Gasteiger partial charge in [0.25, 0.3) is 0 Å². The van der Waals surface area contributed by atoms with Crippen molar-refractivity contribution in [3.63, 3.8) is 0 Å². The molecule has 0 fully saturated rings. The van der Waals surface area contributed by atoms with Crippen molar-refractivity contribution in [3.8, 4) is 11.5 Å². The van der Waals surface area contributed by atoms with Gasteiger partial charge in [-0.15, -0.1) is 0 Å². The first-order valence-electron chi connectivity index (χ1n) is 6.43. The predicted molar refractivity (Wildman–Crippen MR) is 80.3 cm³/mol. The van der Waals surface area contributed by atoms with E-state index in [4.69, 9.17) is 26.8 Å². The summed E-state index contributed by atoms with van der Waals surface area (Å²) >= 11 is 6.10. The number of hydrogen-bond donors (Lipinski definition) is 1. The summed E-state index contributed by atoms with van der Waals surface area (Å²) in [6.45, 7) is 7.70. The largest absolute Gasteiger partial charge is 0.493 e. The summed E-state index contributed by atoms with van der Waals surface area (Å²) in [6.07, 6.45) is 3.22. The van der Waals surface area contributed by atoms with Crippen LogP contribution in [0.15, 0.2) is 24.8 Å². The van der Waals surface area contributed by atoms with Gasteiger partial charge < -0.3 is 15.2 Å². The van der Waals surface area contributed by atoms with Gasteiger partial charge in [-0.25, -0.2) is 0 Å². The first kappa shape index (κ1) is 15.9. The molecule has 106 valence electrons. The SMILES string of the molecule is C=CC(C)Oc1c(CC(N)CC)cc(Cl)cc1OC. The molecule has 19 heavy (non-hydrogen) atoms. The molecule has 1 aromatic rings. The van der Waals surface area contributed by atoms with Crippen LogP contribution in [-0.2, 0) is 6.42 Å². The summed E-state index contributed by atoms with van der Waals surface area (Å²) in [4.78, 5) is 0. The Morgan fingerprint density at radius 3 is 2.68 bits per heavy atom. The lowest BCUT2D eigenvalue weighted by Gasteiger charge is -2.20. The lowest BCUT2D eigenvalue weighted by Crippen LogP contribution is -2.22. The van der Waals surface area contributed by atoms with Crippen molar-refractivity contribution in [1.82, 2.24) is 0 Å².